The van der Waals surface area contributed by atoms with Crippen LogP contribution >= 0.6 is 15.9 Å². The van der Waals surface area contributed by atoms with Crippen LogP contribution in [0.3, 0.4) is 0 Å². The number of rotatable bonds is 2. The lowest BCUT2D eigenvalue weighted by atomic mass is 10.0. The zero-order valence-corrected chi connectivity index (χ0v) is 9.79. The van der Waals surface area contributed by atoms with E-state index >= 15 is 0 Å². The molecule has 0 aliphatic rings. The standard InChI is InChI=1S/C10H9BrO4/c1-5-7(9(12)13)3-6(11)4-8(5)10(14)15-2/h3-4H,1-2H3,(H,12,13). The predicted octanol–water partition coefficient (Wildman–Crippen LogP) is 2.24. The first kappa shape index (κ1) is 11.7. The number of methoxy groups -OCH3 is 1. The Labute approximate surface area is 95.0 Å². The van der Waals surface area contributed by atoms with Crippen molar-refractivity contribution in [2.24, 2.45) is 0 Å². The number of aromatic carboxylic acids is 1. The molecule has 0 saturated carbocycles. The minimum absolute atomic E-state index is 0.0878. The van der Waals surface area contributed by atoms with Gasteiger partial charge in [0.05, 0.1) is 18.2 Å². The van der Waals surface area contributed by atoms with Gasteiger partial charge in [0.15, 0.2) is 0 Å². The number of carbonyl (C=O) groups excluding carboxylic acids is 1. The van der Waals surface area contributed by atoms with Crippen LogP contribution in [-0.2, 0) is 4.74 Å². The van der Waals surface area contributed by atoms with Crippen LogP contribution in [0, 0.1) is 6.92 Å². The van der Waals surface area contributed by atoms with Gasteiger partial charge in [-0.25, -0.2) is 9.59 Å². The summed E-state index contributed by atoms with van der Waals surface area (Å²) in [7, 11) is 1.25. The predicted molar refractivity (Wildman–Crippen MR) is 57.2 cm³/mol. The van der Waals surface area contributed by atoms with E-state index < -0.39 is 11.9 Å². The zero-order valence-electron chi connectivity index (χ0n) is 8.20. The summed E-state index contributed by atoms with van der Waals surface area (Å²) >= 11 is 3.14. The Balaban J connectivity index is 3.41. The lowest BCUT2D eigenvalue weighted by Crippen LogP contribution is -2.09. The molecule has 0 unspecified atom stereocenters. The maximum Gasteiger partial charge on any atom is 0.338 e. The smallest absolute Gasteiger partial charge is 0.338 e. The van der Waals surface area contributed by atoms with Gasteiger partial charge in [-0.15, -0.1) is 0 Å². The number of benzene rings is 1. The first-order valence-electron chi connectivity index (χ1n) is 4.09. The van der Waals surface area contributed by atoms with Crippen LogP contribution in [0.5, 0.6) is 0 Å². The van der Waals surface area contributed by atoms with Crippen LogP contribution in [0.1, 0.15) is 26.3 Å². The van der Waals surface area contributed by atoms with Crippen molar-refractivity contribution >= 4 is 27.9 Å². The molecule has 1 aromatic rings. The molecule has 0 fully saturated rings. The van der Waals surface area contributed by atoms with Crippen LogP contribution in [-0.4, -0.2) is 24.2 Å². The van der Waals surface area contributed by atoms with E-state index in [1.807, 2.05) is 0 Å². The largest absolute Gasteiger partial charge is 0.478 e. The molecule has 0 radical (unpaired) electrons. The summed E-state index contributed by atoms with van der Waals surface area (Å²) in [5.74, 6) is -1.62. The van der Waals surface area contributed by atoms with E-state index in [4.69, 9.17) is 5.11 Å². The van der Waals surface area contributed by atoms with Gasteiger partial charge in [-0.2, -0.15) is 0 Å². The molecule has 0 amide bonds. The Hall–Kier alpha value is -1.36. The van der Waals surface area contributed by atoms with Gasteiger partial charge >= 0.3 is 11.9 Å². The monoisotopic (exact) mass is 272 g/mol. The summed E-state index contributed by atoms with van der Waals surface area (Å²) in [4.78, 5) is 22.2. The number of carbonyl (C=O) groups is 2. The van der Waals surface area contributed by atoms with Crippen molar-refractivity contribution < 1.29 is 19.4 Å². The van der Waals surface area contributed by atoms with Gasteiger partial charge in [-0.3, -0.25) is 0 Å². The highest BCUT2D eigenvalue weighted by Crippen LogP contribution is 2.21. The number of halogens is 1. The van der Waals surface area contributed by atoms with E-state index in [1.165, 1.54) is 19.2 Å². The van der Waals surface area contributed by atoms with Crippen molar-refractivity contribution in [3.63, 3.8) is 0 Å². The molecule has 0 saturated heterocycles. The fourth-order valence-corrected chi connectivity index (χ4v) is 1.68. The highest BCUT2D eigenvalue weighted by molar-refractivity contribution is 9.10. The third-order valence-electron chi connectivity index (χ3n) is 2.01. The number of hydrogen-bond acceptors (Lipinski definition) is 3. The fourth-order valence-electron chi connectivity index (χ4n) is 1.22. The third kappa shape index (κ3) is 2.36. The van der Waals surface area contributed by atoms with Crippen LogP contribution < -0.4 is 0 Å². The Bertz CT molecular complexity index is 426. The molecular formula is C10H9BrO4. The molecule has 80 valence electrons. The van der Waals surface area contributed by atoms with E-state index in [0.29, 0.717) is 10.0 Å². The molecule has 1 N–H and O–H groups in total. The Morgan fingerprint density at radius 2 is 1.87 bits per heavy atom. The lowest BCUT2D eigenvalue weighted by Gasteiger charge is -2.07. The number of esters is 1. The minimum atomic E-state index is -1.07. The molecule has 0 aliphatic carbocycles. The summed E-state index contributed by atoms with van der Waals surface area (Å²) in [5, 5.41) is 8.90. The second-order valence-electron chi connectivity index (χ2n) is 2.92. The molecule has 0 bridgehead atoms. The third-order valence-corrected chi connectivity index (χ3v) is 2.47. The minimum Gasteiger partial charge on any atom is -0.478 e. The molecule has 5 heteroatoms. The number of ether oxygens (including phenoxy) is 1. The van der Waals surface area contributed by atoms with Gasteiger partial charge in [0, 0.05) is 4.47 Å². The molecule has 0 heterocycles. The van der Waals surface area contributed by atoms with Crippen molar-refractivity contribution in [3.8, 4) is 0 Å². The SMILES string of the molecule is COC(=O)c1cc(Br)cc(C(=O)O)c1C. The van der Waals surface area contributed by atoms with Gasteiger partial charge in [-0.05, 0) is 24.6 Å². The molecule has 15 heavy (non-hydrogen) atoms. The van der Waals surface area contributed by atoms with Gasteiger partial charge in [0.2, 0.25) is 0 Å². The summed E-state index contributed by atoms with van der Waals surface area (Å²) in [6.07, 6.45) is 0. The van der Waals surface area contributed by atoms with Crippen molar-refractivity contribution in [1.82, 2.24) is 0 Å². The summed E-state index contributed by atoms with van der Waals surface area (Å²) in [6.45, 7) is 1.57. The molecule has 0 spiro atoms. The Kier molecular flexibility index (Phi) is 3.47. The second kappa shape index (κ2) is 4.44. The average molecular weight is 273 g/mol. The van der Waals surface area contributed by atoms with E-state index in [-0.39, 0.29) is 11.1 Å². The van der Waals surface area contributed by atoms with Crippen LogP contribution in [0.2, 0.25) is 0 Å². The van der Waals surface area contributed by atoms with E-state index in [1.54, 1.807) is 6.92 Å². The first-order chi connectivity index (χ1) is 6.97. The van der Waals surface area contributed by atoms with Crippen LogP contribution in [0.25, 0.3) is 0 Å². The number of hydrogen-bond donors (Lipinski definition) is 1. The molecule has 1 rings (SSSR count). The highest BCUT2D eigenvalue weighted by Gasteiger charge is 2.17. The van der Waals surface area contributed by atoms with E-state index in [2.05, 4.69) is 20.7 Å². The molecule has 0 aliphatic heterocycles. The average Bonchev–Trinajstić information content (AvgIpc) is 2.19. The summed E-state index contributed by atoms with van der Waals surface area (Å²) in [6, 6.07) is 2.98. The summed E-state index contributed by atoms with van der Waals surface area (Å²) < 4.78 is 5.09. The highest BCUT2D eigenvalue weighted by atomic mass is 79.9. The second-order valence-corrected chi connectivity index (χ2v) is 3.84. The number of carboxylic acid groups (broad SMARTS) is 1. The Morgan fingerprint density at radius 1 is 1.33 bits per heavy atom. The van der Waals surface area contributed by atoms with E-state index in [9.17, 15) is 9.59 Å². The van der Waals surface area contributed by atoms with Gasteiger partial charge in [0.1, 0.15) is 0 Å². The molecule has 4 nitrogen and oxygen atoms in total. The van der Waals surface area contributed by atoms with Gasteiger partial charge < -0.3 is 9.84 Å². The maximum atomic E-state index is 11.3. The van der Waals surface area contributed by atoms with Crippen LogP contribution in [0.15, 0.2) is 16.6 Å². The van der Waals surface area contributed by atoms with E-state index in [0.717, 1.165) is 0 Å². The van der Waals surface area contributed by atoms with Crippen molar-refractivity contribution in [2.75, 3.05) is 7.11 Å². The maximum absolute atomic E-state index is 11.3. The molecule has 0 aromatic heterocycles. The zero-order chi connectivity index (χ0) is 11.6. The number of carboxylic acids is 1. The lowest BCUT2D eigenvalue weighted by molar-refractivity contribution is 0.0600. The van der Waals surface area contributed by atoms with Gasteiger partial charge in [-0.1, -0.05) is 15.9 Å². The summed E-state index contributed by atoms with van der Waals surface area (Å²) in [5.41, 5.74) is 0.742. The van der Waals surface area contributed by atoms with Crippen molar-refractivity contribution in [1.29, 1.82) is 0 Å². The fraction of sp³-hybridized carbons (Fsp3) is 0.200. The molecule has 0 atom stereocenters. The normalized spacial score (nSPS) is 9.80. The topological polar surface area (TPSA) is 63.6 Å². The van der Waals surface area contributed by atoms with Crippen LogP contribution in [0.4, 0.5) is 0 Å². The van der Waals surface area contributed by atoms with Gasteiger partial charge in [0.25, 0.3) is 0 Å². The molecular weight excluding hydrogens is 264 g/mol. The molecule has 1 aromatic carbocycles. The Morgan fingerprint density at radius 3 is 2.33 bits per heavy atom. The quantitative estimate of drug-likeness (QED) is 0.839. The first-order valence-corrected chi connectivity index (χ1v) is 4.88. The van der Waals surface area contributed by atoms with Crippen molar-refractivity contribution in [2.45, 2.75) is 6.92 Å². The van der Waals surface area contributed by atoms with Crippen molar-refractivity contribution in [3.05, 3.63) is 33.3 Å².